The van der Waals surface area contributed by atoms with E-state index in [4.69, 9.17) is 11.6 Å². The van der Waals surface area contributed by atoms with E-state index in [2.05, 4.69) is 4.98 Å². The molecule has 0 aliphatic rings. The van der Waals surface area contributed by atoms with E-state index in [1.54, 1.807) is 30.1 Å². The molecular formula is C20H21ClN4O2. The van der Waals surface area contributed by atoms with Gasteiger partial charge in [0.05, 0.1) is 17.2 Å². The number of halogens is 1. The average Bonchev–Trinajstić information content (AvgIpc) is 2.64. The molecule has 0 aliphatic carbocycles. The lowest BCUT2D eigenvalue weighted by Gasteiger charge is -2.19. The molecule has 0 spiro atoms. The van der Waals surface area contributed by atoms with Crippen molar-refractivity contribution in [3.8, 4) is 0 Å². The van der Waals surface area contributed by atoms with Crippen molar-refractivity contribution in [2.45, 2.75) is 13.1 Å². The summed E-state index contributed by atoms with van der Waals surface area (Å²) in [6, 6.07) is 12.9. The Bertz CT molecular complexity index is 1030. The van der Waals surface area contributed by atoms with Crippen LogP contribution < -0.4 is 10.5 Å². The molecule has 0 atom stereocenters. The van der Waals surface area contributed by atoms with Crippen molar-refractivity contribution in [3.05, 3.63) is 69.7 Å². The maximum atomic E-state index is 12.6. The molecule has 0 bridgehead atoms. The minimum Gasteiger partial charge on any atom is -0.378 e. The maximum Gasteiger partial charge on any atom is 0.261 e. The highest BCUT2D eigenvalue weighted by molar-refractivity contribution is 6.31. The Morgan fingerprint density at radius 3 is 2.48 bits per heavy atom. The molecule has 2 aromatic carbocycles. The van der Waals surface area contributed by atoms with Gasteiger partial charge in [-0.25, -0.2) is 4.98 Å². The number of carbonyl (C=O) groups excluding carboxylic acids is 1. The average molecular weight is 385 g/mol. The summed E-state index contributed by atoms with van der Waals surface area (Å²) in [5.74, 6) is -0.169. The first kappa shape index (κ1) is 18.9. The predicted molar refractivity (Wildman–Crippen MR) is 108 cm³/mol. The van der Waals surface area contributed by atoms with Gasteiger partial charge in [-0.1, -0.05) is 23.7 Å². The van der Waals surface area contributed by atoms with Gasteiger partial charge >= 0.3 is 0 Å². The van der Waals surface area contributed by atoms with E-state index in [1.165, 1.54) is 10.9 Å². The van der Waals surface area contributed by atoms with Crippen LogP contribution in [0.1, 0.15) is 5.56 Å². The van der Waals surface area contributed by atoms with Gasteiger partial charge in [-0.15, -0.1) is 0 Å². The van der Waals surface area contributed by atoms with E-state index in [-0.39, 0.29) is 18.0 Å². The molecule has 7 heteroatoms. The Morgan fingerprint density at radius 1 is 1.11 bits per heavy atom. The van der Waals surface area contributed by atoms with Gasteiger partial charge in [0.25, 0.3) is 5.56 Å². The SMILES string of the molecule is CN(Cc1ccc(N(C)C)cc1)C(=O)Cn1cnc2ccc(Cl)cc2c1=O. The zero-order chi connectivity index (χ0) is 19.6. The highest BCUT2D eigenvalue weighted by Gasteiger charge is 2.13. The summed E-state index contributed by atoms with van der Waals surface area (Å²) in [6.07, 6.45) is 1.40. The van der Waals surface area contributed by atoms with E-state index in [0.29, 0.717) is 22.5 Å². The summed E-state index contributed by atoms with van der Waals surface area (Å²) < 4.78 is 1.31. The summed E-state index contributed by atoms with van der Waals surface area (Å²) in [5.41, 5.74) is 2.40. The Morgan fingerprint density at radius 2 is 1.81 bits per heavy atom. The Hall–Kier alpha value is -2.86. The predicted octanol–water partition coefficient (Wildman–Crippen LogP) is 2.77. The second kappa shape index (κ2) is 7.80. The number of aromatic nitrogens is 2. The fourth-order valence-corrected chi connectivity index (χ4v) is 2.94. The first-order valence-corrected chi connectivity index (χ1v) is 8.88. The van der Waals surface area contributed by atoms with Gasteiger partial charge in [0.1, 0.15) is 6.54 Å². The molecule has 1 aromatic heterocycles. The molecule has 1 amide bonds. The third-order valence-electron chi connectivity index (χ3n) is 4.39. The fraction of sp³-hybridized carbons (Fsp3) is 0.250. The van der Waals surface area contributed by atoms with Crippen molar-refractivity contribution in [1.82, 2.24) is 14.5 Å². The maximum absolute atomic E-state index is 12.6. The minimum atomic E-state index is -0.278. The van der Waals surface area contributed by atoms with E-state index in [9.17, 15) is 9.59 Å². The van der Waals surface area contributed by atoms with Crippen molar-refractivity contribution in [2.75, 3.05) is 26.0 Å². The van der Waals surface area contributed by atoms with Gasteiger partial charge in [0, 0.05) is 38.4 Å². The number of hydrogen-bond acceptors (Lipinski definition) is 4. The molecule has 0 saturated heterocycles. The summed E-state index contributed by atoms with van der Waals surface area (Å²) in [4.78, 5) is 33.0. The summed E-state index contributed by atoms with van der Waals surface area (Å²) >= 11 is 5.97. The molecule has 0 saturated carbocycles. The number of fused-ring (bicyclic) bond motifs is 1. The van der Waals surface area contributed by atoms with Crippen LogP contribution in [0.3, 0.4) is 0 Å². The molecule has 0 aliphatic heterocycles. The normalized spacial score (nSPS) is 10.8. The van der Waals surface area contributed by atoms with Crippen molar-refractivity contribution >= 4 is 34.1 Å². The van der Waals surface area contributed by atoms with E-state index in [0.717, 1.165) is 11.3 Å². The molecular weight excluding hydrogens is 364 g/mol. The van der Waals surface area contributed by atoms with Crippen LogP contribution in [-0.2, 0) is 17.9 Å². The number of likely N-dealkylation sites (N-methyl/N-ethyl adjacent to an activating group) is 1. The fourth-order valence-electron chi connectivity index (χ4n) is 2.77. The lowest BCUT2D eigenvalue weighted by Crippen LogP contribution is -2.33. The summed E-state index contributed by atoms with van der Waals surface area (Å²) in [7, 11) is 5.68. The van der Waals surface area contributed by atoms with Crippen LogP contribution in [0.4, 0.5) is 5.69 Å². The molecule has 0 fully saturated rings. The van der Waals surface area contributed by atoms with E-state index < -0.39 is 0 Å². The van der Waals surface area contributed by atoms with Crippen LogP contribution in [-0.4, -0.2) is 41.5 Å². The number of rotatable bonds is 5. The second-order valence-electron chi connectivity index (χ2n) is 6.65. The number of benzene rings is 2. The summed E-state index contributed by atoms with van der Waals surface area (Å²) in [5, 5.41) is 0.864. The molecule has 140 valence electrons. The molecule has 3 rings (SSSR count). The highest BCUT2D eigenvalue weighted by atomic mass is 35.5. The Balaban J connectivity index is 1.73. The highest BCUT2D eigenvalue weighted by Crippen LogP contribution is 2.15. The molecule has 6 nitrogen and oxygen atoms in total. The molecule has 27 heavy (non-hydrogen) atoms. The number of carbonyl (C=O) groups is 1. The smallest absolute Gasteiger partial charge is 0.261 e. The third kappa shape index (κ3) is 4.28. The van der Waals surface area contributed by atoms with E-state index >= 15 is 0 Å². The number of anilines is 1. The lowest BCUT2D eigenvalue weighted by atomic mass is 10.2. The van der Waals surface area contributed by atoms with Crippen LogP contribution in [0.5, 0.6) is 0 Å². The van der Waals surface area contributed by atoms with Gasteiger partial charge < -0.3 is 9.80 Å². The van der Waals surface area contributed by atoms with Crippen LogP contribution >= 0.6 is 11.6 Å². The topological polar surface area (TPSA) is 58.4 Å². The molecule has 1 heterocycles. The largest absolute Gasteiger partial charge is 0.378 e. The van der Waals surface area contributed by atoms with Gasteiger partial charge in [0.2, 0.25) is 5.91 Å². The van der Waals surface area contributed by atoms with Gasteiger partial charge in [-0.05, 0) is 35.9 Å². The van der Waals surface area contributed by atoms with Crippen LogP contribution in [0.15, 0.2) is 53.6 Å². The minimum absolute atomic E-state index is 0.0689. The van der Waals surface area contributed by atoms with E-state index in [1.807, 2.05) is 43.3 Å². The monoisotopic (exact) mass is 384 g/mol. The molecule has 0 radical (unpaired) electrons. The van der Waals surface area contributed by atoms with Gasteiger partial charge in [0.15, 0.2) is 0 Å². The number of amides is 1. The molecule has 3 aromatic rings. The third-order valence-corrected chi connectivity index (χ3v) is 4.63. The first-order valence-electron chi connectivity index (χ1n) is 8.50. The van der Waals surface area contributed by atoms with Gasteiger partial charge in [-0.2, -0.15) is 0 Å². The van der Waals surface area contributed by atoms with Crippen LogP contribution in [0, 0.1) is 0 Å². The second-order valence-corrected chi connectivity index (χ2v) is 7.09. The van der Waals surface area contributed by atoms with Crippen molar-refractivity contribution < 1.29 is 4.79 Å². The zero-order valence-electron chi connectivity index (χ0n) is 15.5. The number of hydrogen-bond donors (Lipinski definition) is 0. The van der Waals surface area contributed by atoms with Crippen molar-refractivity contribution in [1.29, 1.82) is 0 Å². The Labute approximate surface area is 162 Å². The van der Waals surface area contributed by atoms with Crippen LogP contribution in [0.2, 0.25) is 5.02 Å². The number of nitrogens with zero attached hydrogens (tertiary/aromatic N) is 4. The lowest BCUT2D eigenvalue weighted by molar-refractivity contribution is -0.131. The standard InChI is InChI=1S/C20H21ClN4O2/c1-23(2)16-7-4-14(5-8-16)11-24(3)19(26)12-25-13-22-18-9-6-15(21)10-17(18)20(25)27/h4-10,13H,11-12H2,1-3H3. The molecule has 0 unspecified atom stereocenters. The van der Waals surface area contributed by atoms with Crippen LogP contribution in [0.25, 0.3) is 10.9 Å². The quantitative estimate of drug-likeness (QED) is 0.678. The molecule has 0 N–H and O–H groups in total. The Kier molecular flexibility index (Phi) is 5.46. The first-order chi connectivity index (χ1) is 12.8. The van der Waals surface area contributed by atoms with Crippen molar-refractivity contribution in [2.24, 2.45) is 0 Å². The summed E-state index contributed by atoms with van der Waals surface area (Å²) in [6.45, 7) is 0.398. The van der Waals surface area contributed by atoms with Gasteiger partial charge in [-0.3, -0.25) is 14.2 Å². The van der Waals surface area contributed by atoms with Crippen molar-refractivity contribution in [3.63, 3.8) is 0 Å². The zero-order valence-corrected chi connectivity index (χ0v) is 16.3.